The Morgan fingerprint density at radius 1 is 1.59 bits per heavy atom. The number of methoxy groups -OCH3 is 1. The van der Waals surface area contributed by atoms with E-state index in [1.807, 2.05) is 6.20 Å². The fourth-order valence-electron chi connectivity index (χ4n) is 2.48. The first-order valence-electron chi connectivity index (χ1n) is 7.80. The number of hydrogen-bond acceptors (Lipinski definition) is 4. The molecule has 0 radical (unpaired) electrons. The SMILES string of the molecule is COC(CNC(=O)Nc1cnn(CC2CCCO2)c1)C(C)C. The zero-order valence-corrected chi connectivity index (χ0v) is 13.5. The highest BCUT2D eigenvalue weighted by molar-refractivity contribution is 5.88. The number of aromatic nitrogens is 2. The largest absolute Gasteiger partial charge is 0.379 e. The van der Waals surface area contributed by atoms with Gasteiger partial charge in [0.15, 0.2) is 0 Å². The normalized spacial score (nSPS) is 19.4. The van der Waals surface area contributed by atoms with E-state index in [1.165, 1.54) is 0 Å². The first-order valence-corrected chi connectivity index (χ1v) is 7.80. The molecule has 1 aromatic rings. The van der Waals surface area contributed by atoms with Gasteiger partial charge in [-0.15, -0.1) is 0 Å². The number of anilines is 1. The lowest BCUT2D eigenvalue weighted by Crippen LogP contribution is -2.38. The molecular formula is C15H26N4O3. The number of carbonyl (C=O) groups is 1. The van der Waals surface area contributed by atoms with Crippen LogP contribution >= 0.6 is 0 Å². The molecule has 2 N–H and O–H groups in total. The molecule has 1 aliphatic rings. The maximum absolute atomic E-state index is 11.9. The van der Waals surface area contributed by atoms with E-state index in [9.17, 15) is 4.79 Å². The smallest absolute Gasteiger partial charge is 0.319 e. The van der Waals surface area contributed by atoms with Gasteiger partial charge in [-0.1, -0.05) is 13.8 Å². The van der Waals surface area contributed by atoms with E-state index in [2.05, 4.69) is 29.6 Å². The molecule has 2 atom stereocenters. The van der Waals surface area contributed by atoms with Crippen LogP contribution in [0.1, 0.15) is 26.7 Å². The number of nitrogens with zero attached hydrogens (tertiary/aromatic N) is 2. The molecule has 1 aromatic heterocycles. The zero-order valence-electron chi connectivity index (χ0n) is 13.5. The molecule has 1 fully saturated rings. The molecule has 2 heterocycles. The van der Waals surface area contributed by atoms with Crippen LogP contribution < -0.4 is 10.6 Å². The second kappa shape index (κ2) is 8.14. The van der Waals surface area contributed by atoms with Crippen molar-refractivity contribution in [3.8, 4) is 0 Å². The molecule has 7 heteroatoms. The molecule has 7 nitrogen and oxygen atoms in total. The molecule has 0 aliphatic carbocycles. The summed E-state index contributed by atoms with van der Waals surface area (Å²) in [6.07, 6.45) is 5.87. The Morgan fingerprint density at radius 2 is 2.41 bits per heavy atom. The van der Waals surface area contributed by atoms with Crippen molar-refractivity contribution >= 4 is 11.7 Å². The average molecular weight is 310 g/mol. The summed E-state index contributed by atoms with van der Waals surface area (Å²) in [7, 11) is 1.65. The zero-order chi connectivity index (χ0) is 15.9. The minimum absolute atomic E-state index is 0.00740. The van der Waals surface area contributed by atoms with Crippen LogP contribution in [0.2, 0.25) is 0 Å². The third-order valence-corrected chi connectivity index (χ3v) is 3.82. The van der Waals surface area contributed by atoms with Crippen molar-refractivity contribution in [2.45, 2.75) is 45.4 Å². The topological polar surface area (TPSA) is 77.4 Å². The van der Waals surface area contributed by atoms with Crippen LogP contribution in [0, 0.1) is 5.92 Å². The molecule has 124 valence electrons. The van der Waals surface area contributed by atoms with E-state index in [1.54, 1.807) is 18.0 Å². The van der Waals surface area contributed by atoms with Gasteiger partial charge in [-0.2, -0.15) is 5.10 Å². The molecule has 1 aliphatic heterocycles. The molecule has 1 saturated heterocycles. The van der Waals surface area contributed by atoms with Gasteiger partial charge >= 0.3 is 6.03 Å². The second-order valence-electron chi connectivity index (χ2n) is 5.94. The van der Waals surface area contributed by atoms with E-state index >= 15 is 0 Å². The Bertz CT molecular complexity index is 469. The van der Waals surface area contributed by atoms with Crippen molar-refractivity contribution < 1.29 is 14.3 Å². The Kier molecular flexibility index (Phi) is 6.21. The van der Waals surface area contributed by atoms with Crippen LogP contribution in [-0.4, -0.2) is 48.3 Å². The summed E-state index contributed by atoms with van der Waals surface area (Å²) >= 11 is 0. The maximum atomic E-state index is 11.9. The van der Waals surface area contributed by atoms with E-state index in [-0.39, 0.29) is 18.2 Å². The Hall–Kier alpha value is -1.60. The number of ether oxygens (including phenoxy) is 2. The molecule has 2 unspecified atom stereocenters. The molecule has 0 bridgehead atoms. The van der Waals surface area contributed by atoms with E-state index in [0.29, 0.717) is 18.2 Å². The van der Waals surface area contributed by atoms with E-state index in [0.717, 1.165) is 26.0 Å². The number of carbonyl (C=O) groups excluding carboxylic acids is 1. The number of rotatable bonds is 7. The summed E-state index contributed by atoms with van der Waals surface area (Å²) in [6, 6.07) is -0.251. The average Bonchev–Trinajstić information content (AvgIpc) is 3.12. The van der Waals surface area contributed by atoms with E-state index in [4.69, 9.17) is 9.47 Å². The van der Waals surface area contributed by atoms with Gasteiger partial charge in [-0.3, -0.25) is 4.68 Å². The van der Waals surface area contributed by atoms with Crippen LogP contribution in [0.5, 0.6) is 0 Å². The minimum atomic E-state index is -0.251. The fraction of sp³-hybridized carbons (Fsp3) is 0.733. The van der Waals surface area contributed by atoms with Crippen molar-refractivity contribution in [1.29, 1.82) is 0 Å². The standard InChI is InChI=1S/C15H26N4O3/c1-11(2)14(21-3)8-16-15(20)18-12-7-17-19(9-12)10-13-5-4-6-22-13/h7,9,11,13-14H,4-6,8,10H2,1-3H3,(H2,16,18,20). The van der Waals surface area contributed by atoms with E-state index < -0.39 is 0 Å². The van der Waals surface area contributed by atoms with Gasteiger partial charge < -0.3 is 20.1 Å². The molecule has 0 saturated carbocycles. The molecule has 2 amide bonds. The minimum Gasteiger partial charge on any atom is -0.379 e. The molecule has 22 heavy (non-hydrogen) atoms. The first kappa shape index (κ1) is 16.8. The summed E-state index contributed by atoms with van der Waals surface area (Å²) in [5.41, 5.74) is 0.675. The van der Waals surface area contributed by atoms with Crippen molar-refractivity contribution in [2.75, 3.05) is 25.6 Å². The van der Waals surface area contributed by atoms with Crippen LogP contribution in [0.15, 0.2) is 12.4 Å². The summed E-state index contributed by atoms with van der Waals surface area (Å²) in [5, 5.41) is 9.83. The van der Waals surface area contributed by atoms with Crippen molar-refractivity contribution in [3.05, 3.63) is 12.4 Å². The third kappa shape index (κ3) is 4.99. The highest BCUT2D eigenvalue weighted by Crippen LogP contribution is 2.14. The lowest BCUT2D eigenvalue weighted by atomic mass is 10.1. The van der Waals surface area contributed by atoms with Gasteiger partial charge in [0.05, 0.1) is 30.6 Å². The number of urea groups is 1. The van der Waals surface area contributed by atoms with Crippen molar-refractivity contribution in [1.82, 2.24) is 15.1 Å². The Balaban J connectivity index is 1.75. The summed E-state index contributed by atoms with van der Waals surface area (Å²) in [5.74, 6) is 0.347. The second-order valence-corrected chi connectivity index (χ2v) is 5.94. The van der Waals surface area contributed by atoms with Gasteiger partial charge in [0.2, 0.25) is 0 Å². The number of nitrogens with one attached hydrogen (secondary N) is 2. The Morgan fingerprint density at radius 3 is 3.05 bits per heavy atom. The molecular weight excluding hydrogens is 284 g/mol. The molecule has 0 aromatic carbocycles. The number of hydrogen-bond donors (Lipinski definition) is 2. The quantitative estimate of drug-likeness (QED) is 0.806. The van der Waals surface area contributed by atoms with Gasteiger partial charge in [0, 0.05) is 26.5 Å². The predicted octanol–water partition coefficient (Wildman–Crippen LogP) is 1.85. The van der Waals surface area contributed by atoms with Gasteiger partial charge in [-0.25, -0.2) is 4.79 Å². The molecule has 2 rings (SSSR count). The highest BCUT2D eigenvalue weighted by atomic mass is 16.5. The van der Waals surface area contributed by atoms with Crippen molar-refractivity contribution in [3.63, 3.8) is 0 Å². The highest BCUT2D eigenvalue weighted by Gasteiger charge is 2.17. The van der Waals surface area contributed by atoms with Crippen LogP contribution in [0.3, 0.4) is 0 Å². The summed E-state index contributed by atoms with van der Waals surface area (Å²) in [6.45, 7) is 6.15. The number of amides is 2. The van der Waals surface area contributed by atoms with Crippen LogP contribution in [-0.2, 0) is 16.0 Å². The van der Waals surface area contributed by atoms with Gasteiger partial charge in [-0.05, 0) is 18.8 Å². The fourth-order valence-corrected chi connectivity index (χ4v) is 2.48. The van der Waals surface area contributed by atoms with Crippen LogP contribution in [0.25, 0.3) is 0 Å². The summed E-state index contributed by atoms with van der Waals surface area (Å²) < 4.78 is 12.7. The maximum Gasteiger partial charge on any atom is 0.319 e. The monoisotopic (exact) mass is 310 g/mol. The van der Waals surface area contributed by atoms with Crippen LogP contribution in [0.4, 0.5) is 10.5 Å². The third-order valence-electron chi connectivity index (χ3n) is 3.82. The van der Waals surface area contributed by atoms with Gasteiger partial charge in [0.1, 0.15) is 0 Å². The Labute approximate surface area is 131 Å². The molecule has 0 spiro atoms. The lowest BCUT2D eigenvalue weighted by molar-refractivity contribution is 0.0671. The van der Waals surface area contributed by atoms with Crippen molar-refractivity contribution in [2.24, 2.45) is 5.92 Å². The first-order chi connectivity index (χ1) is 10.6. The summed E-state index contributed by atoms with van der Waals surface area (Å²) in [4.78, 5) is 11.9. The lowest BCUT2D eigenvalue weighted by Gasteiger charge is -2.19. The predicted molar refractivity (Wildman–Crippen MR) is 83.9 cm³/mol. The van der Waals surface area contributed by atoms with Gasteiger partial charge in [0.25, 0.3) is 0 Å².